The van der Waals surface area contributed by atoms with Crippen LogP contribution in [0.25, 0.3) is 0 Å². The fourth-order valence-corrected chi connectivity index (χ4v) is 1.53. The zero-order valence-electron chi connectivity index (χ0n) is 8.13. The first-order valence-electron chi connectivity index (χ1n) is 4.15. The predicted molar refractivity (Wildman–Crippen MR) is 63.3 cm³/mol. The Morgan fingerprint density at radius 1 is 1.40 bits per heavy atom. The quantitative estimate of drug-likeness (QED) is 0.796. The molecule has 0 aliphatic carbocycles. The average Bonchev–Trinajstić information content (AvgIpc) is 2.09. The minimum absolute atomic E-state index is 0.0716. The summed E-state index contributed by atoms with van der Waals surface area (Å²) in [5.41, 5.74) is 11.9. The Bertz CT molecular complexity index is 395. The highest BCUT2D eigenvalue weighted by Crippen LogP contribution is 2.32. The van der Waals surface area contributed by atoms with Gasteiger partial charge in [-0.1, -0.05) is 23.2 Å². The largest absolute Gasteiger partial charge is 0.397 e. The van der Waals surface area contributed by atoms with Crippen LogP contribution in [0, 0.1) is 0 Å². The second-order valence-corrected chi connectivity index (χ2v) is 3.96. The number of halogens is 2. The molecular weight excluding hydrogens is 237 g/mol. The number of nitrogens with zero attached hydrogens (tertiary/aromatic N) is 1. The van der Waals surface area contributed by atoms with Gasteiger partial charge >= 0.3 is 0 Å². The van der Waals surface area contributed by atoms with Gasteiger partial charge in [0.15, 0.2) is 0 Å². The van der Waals surface area contributed by atoms with Crippen LogP contribution in [0.5, 0.6) is 0 Å². The third-order valence-corrected chi connectivity index (χ3v) is 2.60. The molecule has 1 aromatic rings. The lowest BCUT2D eigenvalue weighted by Gasteiger charge is -2.19. The Kier molecular flexibility index (Phi) is 3.66. The van der Waals surface area contributed by atoms with Crippen molar-refractivity contribution in [2.45, 2.75) is 0 Å². The number of rotatable bonds is 3. The van der Waals surface area contributed by atoms with Gasteiger partial charge in [-0.25, -0.2) is 0 Å². The smallest absolute Gasteiger partial charge is 0.236 e. The lowest BCUT2D eigenvalue weighted by atomic mass is 10.2. The molecule has 15 heavy (non-hydrogen) atoms. The zero-order chi connectivity index (χ0) is 11.6. The molecule has 0 aliphatic rings. The van der Waals surface area contributed by atoms with E-state index in [1.807, 2.05) is 0 Å². The van der Waals surface area contributed by atoms with Gasteiger partial charge in [-0.05, 0) is 12.1 Å². The number of anilines is 2. The molecule has 82 valence electrons. The number of nitrogens with two attached hydrogens (primary N) is 2. The van der Waals surface area contributed by atoms with Crippen molar-refractivity contribution in [3.8, 4) is 0 Å². The van der Waals surface area contributed by atoms with Crippen LogP contribution in [-0.2, 0) is 4.79 Å². The summed E-state index contributed by atoms with van der Waals surface area (Å²) in [5.74, 6) is -0.442. The van der Waals surface area contributed by atoms with Gasteiger partial charge in [-0.15, -0.1) is 0 Å². The highest BCUT2D eigenvalue weighted by molar-refractivity contribution is 6.42. The molecule has 0 aliphatic heterocycles. The first-order chi connectivity index (χ1) is 6.91. The molecule has 1 aromatic carbocycles. The highest BCUT2D eigenvalue weighted by atomic mass is 35.5. The highest BCUT2D eigenvalue weighted by Gasteiger charge is 2.10. The summed E-state index contributed by atoms with van der Waals surface area (Å²) < 4.78 is 0. The summed E-state index contributed by atoms with van der Waals surface area (Å²) in [6.07, 6.45) is 0. The molecule has 0 saturated carbocycles. The van der Waals surface area contributed by atoms with E-state index in [1.54, 1.807) is 18.0 Å². The van der Waals surface area contributed by atoms with Crippen LogP contribution in [0.15, 0.2) is 12.1 Å². The monoisotopic (exact) mass is 247 g/mol. The van der Waals surface area contributed by atoms with Crippen LogP contribution < -0.4 is 16.4 Å². The molecule has 0 spiro atoms. The summed E-state index contributed by atoms with van der Waals surface area (Å²) in [7, 11) is 1.70. The van der Waals surface area contributed by atoms with Crippen LogP contribution >= 0.6 is 23.2 Å². The molecule has 0 radical (unpaired) electrons. The Hall–Kier alpha value is -1.13. The van der Waals surface area contributed by atoms with Gasteiger partial charge < -0.3 is 16.4 Å². The van der Waals surface area contributed by atoms with Gasteiger partial charge in [0.2, 0.25) is 5.91 Å². The summed E-state index contributed by atoms with van der Waals surface area (Å²) in [6.45, 7) is 0.0716. The van der Waals surface area contributed by atoms with Crippen LogP contribution in [0.2, 0.25) is 10.0 Å². The molecule has 1 amide bonds. The first-order valence-corrected chi connectivity index (χ1v) is 4.91. The number of hydrogen-bond acceptors (Lipinski definition) is 3. The van der Waals surface area contributed by atoms with Crippen LogP contribution in [-0.4, -0.2) is 19.5 Å². The van der Waals surface area contributed by atoms with Gasteiger partial charge in [-0.3, -0.25) is 4.79 Å². The SMILES string of the molecule is CN(CC(N)=O)c1cc(Cl)c(Cl)cc1N. The maximum Gasteiger partial charge on any atom is 0.236 e. The lowest BCUT2D eigenvalue weighted by molar-refractivity contribution is -0.116. The van der Waals surface area contributed by atoms with E-state index in [-0.39, 0.29) is 6.54 Å². The third-order valence-electron chi connectivity index (χ3n) is 1.87. The average molecular weight is 248 g/mol. The molecule has 0 bridgehead atoms. The van der Waals surface area contributed by atoms with Gasteiger partial charge in [0.25, 0.3) is 0 Å². The van der Waals surface area contributed by atoms with E-state index >= 15 is 0 Å². The Morgan fingerprint density at radius 3 is 2.47 bits per heavy atom. The number of nitrogen functional groups attached to an aromatic ring is 1. The van der Waals surface area contributed by atoms with E-state index < -0.39 is 5.91 Å². The molecule has 4 N–H and O–H groups in total. The fourth-order valence-electron chi connectivity index (χ4n) is 1.20. The van der Waals surface area contributed by atoms with Crippen molar-refractivity contribution in [1.29, 1.82) is 0 Å². The van der Waals surface area contributed by atoms with E-state index in [2.05, 4.69) is 0 Å². The van der Waals surface area contributed by atoms with E-state index in [9.17, 15) is 4.79 Å². The van der Waals surface area contributed by atoms with Gasteiger partial charge in [-0.2, -0.15) is 0 Å². The van der Waals surface area contributed by atoms with Crippen molar-refractivity contribution >= 4 is 40.5 Å². The lowest BCUT2D eigenvalue weighted by Crippen LogP contribution is -2.30. The summed E-state index contributed by atoms with van der Waals surface area (Å²) in [5, 5.41) is 0.766. The molecule has 0 atom stereocenters. The molecule has 0 fully saturated rings. The maximum atomic E-state index is 10.7. The fraction of sp³-hybridized carbons (Fsp3) is 0.222. The summed E-state index contributed by atoms with van der Waals surface area (Å²) >= 11 is 11.6. The number of benzene rings is 1. The van der Waals surface area contributed by atoms with Crippen molar-refractivity contribution in [3.05, 3.63) is 22.2 Å². The number of carbonyl (C=O) groups is 1. The Labute approximate surface area is 97.7 Å². The van der Waals surface area contributed by atoms with Crippen molar-refractivity contribution in [1.82, 2.24) is 0 Å². The maximum absolute atomic E-state index is 10.7. The molecule has 6 heteroatoms. The molecule has 4 nitrogen and oxygen atoms in total. The van der Waals surface area contributed by atoms with Gasteiger partial charge in [0.1, 0.15) is 0 Å². The normalized spacial score (nSPS) is 10.1. The standard InChI is InChI=1S/C9H11Cl2N3O/c1-14(4-9(13)15)8-3-6(11)5(10)2-7(8)12/h2-3H,4,12H2,1H3,(H2,13,15). The van der Waals surface area contributed by atoms with Crippen LogP contribution in [0.4, 0.5) is 11.4 Å². The van der Waals surface area contributed by atoms with E-state index in [0.717, 1.165) is 0 Å². The first kappa shape index (κ1) is 11.9. The molecule has 1 rings (SSSR count). The van der Waals surface area contributed by atoms with Gasteiger partial charge in [0, 0.05) is 7.05 Å². The van der Waals surface area contributed by atoms with Crippen molar-refractivity contribution < 1.29 is 4.79 Å². The van der Waals surface area contributed by atoms with Crippen molar-refractivity contribution in [3.63, 3.8) is 0 Å². The number of amides is 1. The Morgan fingerprint density at radius 2 is 1.93 bits per heavy atom. The molecule has 0 saturated heterocycles. The minimum atomic E-state index is -0.442. The second-order valence-electron chi connectivity index (χ2n) is 3.15. The molecular formula is C9H11Cl2N3O. The Balaban J connectivity index is 3.03. The van der Waals surface area contributed by atoms with Gasteiger partial charge in [0.05, 0.1) is 28.0 Å². The summed E-state index contributed by atoms with van der Waals surface area (Å²) in [4.78, 5) is 12.3. The summed E-state index contributed by atoms with van der Waals surface area (Å²) in [6, 6.07) is 3.14. The third kappa shape index (κ3) is 2.91. The minimum Gasteiger partial charge on any atom is -0.397 e. The van der Waals surface area contributed by atoms with E-state index in [1.165, 1.54) is 6.07 Å². The van der Waals surface area contributed by atoms with Crippen molar-refractivity contribution in [2.75, 3.05) is 24.2 Å². The van der Waals surface area contributed by atoms with Crippen LogP contribution in [0.1, 0.15) is 0 Å². The molecule has 0 heterocycles. The molecule has 0 aromatic heterocycles. The number of hydrogen-bond donors (Lipinski definition) is 2. The predicted octanol–water partition coefficient (Wildman–Crippen LogP) is 1.50. The van der Waals surface area contributed by atoms with Crippen molar-refractivity contribution in [2.24, 2.45) is 5.73 Å². The topological polar surface area (TPSA) is 72.3 Å². The molecule has 0 unspecified atom stereocenters. The van der Waals surface area contributed by atoms with Crippen LogP contribution in [0.3, 0.4) is 0 Å². The number of primary amides is 1. The number of carbonyl (C=O) groups excluding carboxylic acids is 1. The second kappa shape index (κ2) is 4.59. The number of likely N-dealkylation sites (N-methyl/N-ethyl adjacent to an activating group) is 1. The van der Waals surface area contributed by atoms with E-state index in [4.69, 9.17) is 34.7 Å². The van der Waals surface area contributed by atoms with E-state index in [0.29, 0.717) is 21.4 Å². The zero-order valence-corrected chi connectivity index (χ0v) is 9.64.